The van der Waals surface area contributed by atoms with Crippen molar-refractivity contribution in [2.75, 3.05) is 26.0 Å². The maximum atomic E-state index is 11.3. The predicted octanol–water partition coefficient (Wildman–Crippen LogP) is 2.49. The minimum atomic E-state index is -0.0222. The number of hydrogen-bond acceptors (Lipinski definition) is 2. The Morgan fingerprint density at radius 2 is 2.07 bits per heavy atom. The number of rotatable bonds is 3. The van der Waals surface area contributed by atoms with Crippen LogP contribution in [0.5, 0.6) is 0 Å². The summed E-state index contributed by atoms with van der Waals surface area (Å²) >= 11 is 11.7. The number of nitrogens with zero attached hydrogens (tertiary/aromatic N) is 1. The average molecular weight is 247 g/mol. The normalized spacial score (nSPS) is 9.87. The monoisotopic (exact) mass is 246 g/mol. The van der Waals surface area contributed by atoms with Crippen LogP contribution in [0.3, 0.4) is 0 Å². The molecule has 1 N–H and O–H groups in total. The summed E-state index contributed by atoms with van der Waals surface area (Å²) in [5, 5.41) is 4.06. The molecule has 0 fully saturated rings. The summed E-state index contributed by atoms with van der Waals surface area (Å²) in [6, 6.07) is 5.07. The molecule has 1 rings (SSSR count). The van der Waals surface area contributed by atoms with Gasteiger partial charge in [0.2, 0.25) is 5.91 Å². The van der Waals surface area contributed by atoms with Gasteiger partial charge in [-0.25, -0.2) is 0 Å². The van der Waals surface area contributed by atoms with Gasteiger partial charge in [0.15, 0.2) is 0 Å². The van der Waals surface area contributed by atoms with E-state index >= 15 is 0 Å². The summed E-state index contributed by atoms with van der Waals surface area (Å²) in [6.45, 7) is 0.201. The Hall–Kier alpha value is -0.930. The fraction of sp³-hybridized carbons (Fsp3) is 0.300. The fourth-order valence-corrected chi connectivity index (χ4v) is 1.32. The molecular formula is C10H12Cl2N2O. The number of benzene rings is 1. The lowest BCUT2D eigenvalue weighted by atomic mass is 10.3. The van der Waals surface area contributed by atoms with E-state index in [0.717, 1.165) is 0 Å². The van der Waals surface area contributed by atoms with E-state index in [1.807, 2.05) is 0 Å². The van der Waals surface area contributed by atoms with Crippen molar-refractivity contribution < 1.29 is 4.79 Å². The van der Waals surface area contributed by atoms with Crippen LogP contribution < -0.4 is 5.32 Å². The summed E-state index contributed by atoms with van der Waals surface area (Å²) in [4.78, 5) is 12.8. The molecule has 0 spiro atoms. The van der Waals surface area contributed by atoms with Crippen molar-refractivity contribution in [1.29, 1.82) is 0 Å². The van der Waals surface area contributed by atoms with Crippen molar-refractivity contribution in [3.63, 3.8) is 0 Å². The average Bonchev–Trinajstić information content (AvgIpc) is 2.18. The van der Waals surface area contributed by atoms with E-state index < -0.39 is 0 Å². The first-order chi connectivity index (χ1) is 7.00. The van der Waals surface area contributed by atoms with Crippen LogP contribution in [0.1, 0.15) is 0 Å². The standard InChI is InChI=1S/C10H12Cl2N2O/c1-14(2)10(15)6-13-9-5-7(11)3-4-8(9)12/h3-5,13H,6H2,1-2H3. The molecule has 1 amide bonds. The number of amides is 1. The maximum Gasteiger partial charge on any atom is 0.241 e. The molecule has 0 aliphatic heterocycles. The van der Waals surface area contributed by atoms with Gasteiger partial charge in [-0.3, -0.25) is 4.79 Å². The van der Waals surface area contributed by atoms with Crippen LogP contribution in [0, 0.1) is 0 Å². The zero-order valence-corrected chi connectivity index (χ0v) is 10.1. The molecule has 0 atom stereocenters. The number of hydrogen-bond donors (Lipinski definition) is 1. The first-order valence-corrected chi connectivity index (χ1v) is 5.15. The van der Waals surface area contributed by atoms with Crippen LogP contribution >= 0.6 is 23.2 Å². The highest BCUT2D eigenvalue weighted by atomic mass is 35.5. The molecule has 0 aliphatic carbocycles. The van der Waals surface area contributed by atoms with Gasteiger partial charge in [-0.2, -0.15) is 0 Å². The van der Waals surface area contributed by atoms with E-state index in [1.54, 1.807) is 32.3 Å². The molecule has 0 aliphatic rings. The van der Waals surface area contributed by atoms with Crippen molar-refractivity contribution in [3.05, 3.63) is 28.2 Å². The minimum Gasteiger partial charge on any atom is -0.375 e. The molecule has 0 saturated carbocycles. The van der Waals surface area contributed by atoms with Crippen LogP contribution in [-0.2, 0) is 4.79 Å². The van der Waals surface area contributed by atoms with Crippen LogP contribution in [0.2, 0.25) is 10.0 Å². The number of nitrogens with one attached hydrogen (secondary N) is 1. The summed E-state index contributed by atoms with van der Waals surface area (Å²) in [6.07, 6.45) is 0. The second-order valence-corrected chi connectivity index (χ2v) is 4.11. The molecule has 82 valence electrons. The van der Waals surface area contributed by atoms with Gasteiger partial charge in [0, 0.05) is 19.1 Å². The largest absolute Gasteiger partial charge is 0.375 e. The van der Waals surface area contributed by atoms with E-state index in [9.17, 15) is 4.79 Å². The van der Waals surface area contributed by atoms with Crippen molar-refractivity contribution in [3.8, 4) is 0 Å². The highest BCUT2D eigenvalue weighted by Gasteiger charge is 2.05. The van der Waals surface area contributed by atoms with E-state index in [2.05, 4.69) is 5.32 Å². The van der Waals surface area contributed by atoms with E-state index in [4.69, 9.17) is 23.2 Å². The zero-order chi connectivity index (χ0) is 11.4. The molecule has 0 radical (unpaired) electrons. The van der Waals surface area contributed by atoms with Gasteiger partial charge in [0.05, 0.1) is 17.3 Å². The summed E-state index contributed by atoms with van der Waals surface area (Å²) in [5.74, 6) is -0.0222. The van der Waals surface area contributed by atoms with Crippen molar-refractivity contribution >= 4 is 34.8 Å². The van der Waals surface area contributed by atoms with Gasteiger partial charge in [-0.05, 0) is 18.2 Å². The van der Waals surface area contributed by atoms with Crippen LogP contribution in [0.4, 0.5) is 5.69 Å². The third-order valence-corrected chi connectivity index (χ3v) is 2.42. The SMILES string of the molecule is CN(C)C(=O)CNc1cc(Cl)ccc1Cl. The first kappa shape index (κ1) is 12.1. The van der Waals surface area contributed by atoms with Gasteiger partial charge in [0.1, 0.15) is 0 Å². The maximum absolute atomic E-state index is 11.3. The molecule has 0 unspecified atom stereocenters. The first-order valence-electron chi connectivity index (χ1n) is 4.40. The number of anilines is 1. The molecular weight excluding hydrogens is 235 g/mol. The second-order valence-electron chi connectivity index (χ2n) is 3.27. The third-order valence-electron chi connectivity index (χ3n) is 1.86. The highest BCUT2D eigenvalue weighted by Crippen LogP contribution is 2.24. The highest BCUT2D eigenvalue weighted by molar-refractivity contribution is 6.35. The van der Waals surface area contributed by atoms with E-state index in [1.165, 1.54) is 4.90 Å². The Labute approximate surface area is 99.0 Å². The topological polar surface area (TPSA) is 32.3 Å². The van der Waals surface area contributed by atoms with Gasteiger partial charge in [0.25, 0.3) is 0 Å². The lowest BCUT2D eigenvalue weighted by Crippen LogP contribution is -2.28. The molecule has 5 heteroatoms. The van der Waals surface area contributed by atoms with Crippen molar-refractivity contribution in [1.82, 2.24) is 4.90 Å². The lowest BCUT2D eigenvalue weighted by molar-refractivity contribution is -0.126. The Morgan fingerprint density at radius 3 is 2.67 bits per heavy atom. The molecule has 3 nitrogen and oxygen atoms in total. The lowest BCUT2D eigenvalue weighted by Gasteiger charge is -2.12. The van der Waals surface area contributed by atoms with Gasteiger partial charge >= 0.3 is 0 Å². The van der Waals surface area contributed by atoms with Crippen LogP contribution in [0.25, 0.3) is 0 Å². The molecule has 15 heavy (non-hydrogen) atoms. The number of carbonyl (C=O) groups excluding carboxylic acids is 1. The number of carbonyl (C=O) groups is 1. The quantitative estimate of drug-likeness (QED) is 0.889. The molecule has 1 aromatic carbocycles. The molecule has 0 heterocycles. The van der Waals surface area contributed by atoms with Crippen LogP contribution in [0.15, 0.2) is 18.2 Å². The molecule has 0 bridgehead atoms. The van der Waals surface area contributed by atoms with Crippen LogP contribution in [-0.4, -0.2) is 31.4 Å². The van der Waals surface area contributed by atoms with Gasteiger partial charge in [-0.1, -0.05) is 23.2 Å². The third kappa shape index (κ3) is 3.61. The Kier molecular flexibility index (Phi) is 4.24. The fourth-order valence-electron chi connectivity index (χ4n) is 0.962. The summed E-state index contributed by atoms with van der Waals surface area (Å²) in [5.41, 5.74) is 0.666. The molecule has 0 aromatic heterocycles. The van der Waals surface area contributed by atoms with E-state index in [-0.39, 0.29) is 12.5 Å². The second kappa shape index (κ2) is 5.24. The smallest absolute Gasteiger partial charge is 0.241 e. The van der Waals surface area contributed by atoms with Crippen molar-refractivity contribution in [2.45, 2.75) is 0 Å². The van der Waals surface area contributed by atoms with Gasteiger partial charge < -0.3 is 10.2 Å². The minimum absolute atomic E-state index is 0.0222. The Bertz CT molecular complexity index is 366. The van der Waals surface area contributed by atoms with Gasteiger partial charge in [-0.15, -0.1) is 0 Å². The Morgan fingerprint density at radius 1 is 1.40 bits per heavy atom. The Balaban J connectivity index is 2.65. The molecule has 0 saturated heterocycles. The summed E-state index contributed by atoms with van der Waals surface area (Å²) in [7, 11) is 3.40. The predicted molar refractivity (Wildman–Crippen MR) is 63.6 cm³/mol. The zero-order valence-electron chi connectivity index (χ0n) is 8.55. The van der Waals surface area contributed by atoms with Crippen molar-refractivity contribution in [2.24, 2.45) is 0 Å². The number of halogens is 2. The molecule has 1 aromatic rings. The summed E-state index contributed by atoms with van der Waals surface area (Å²) < 4.78 is 0. The number of likely N-dealkylation sites (N-methyl/N-ethyl adjacent to an activating group) is 1. The van der Waals surface area contributed by atoms with E-state index in [0.29, 0.717) is 15.7 Å².